The highest BCUT2D eigenvalue weighted by Gasteiger charge is 2.57. The van der Waals surface area contributed by atoms with Crippen LogP contribution in [0, 0.1) is 0 Å². The van der Waals surface area contributed by atoms with Gasteiger partial charge in [0.25, 0.3) is 0 Å². The van der Waals surface area contributed by atoms with Gasteiger partial charge in [-0.05, 0) is 18.2 Å². The number of hydrogen-bond acceptors (Lipinski definition) is 11. The van der Waals surface area contributed by atoms with E-state index in [0.29, 0.717) is 6.29 Å². The van der Waals surface area contributed by atoms with Crippen molar-refractivity contribution in [3.63, 3.8) is 0 Å². The maximum Gasteiger partial charge on any atom is 0.534 e. The fourth-order valence-electron chi connectivity index (χ4n) is 1.32. The fourth-order valence-corrected chi connectivity index (χ4v) is 3.36. The zero-order chi connectivity index (χ0) is 28.3. The topological polar surface area (TPSA) is 164 Å². The number of hydrogen-bond donors (Lipinski definition) is 0. The Kier molecular flexibility index (Phi) is 9.73. The van der Waals surface area contributed by atoms with Gasteiger partial charge in [0.2, 0.25) is 0 Å². The Balaban J connectivity index is 0.000000691. The number of ether oxygens (including phenoxy) is 1. The van der Waals surface area contributed by atoms with Crippen molar-refractivity contribution in [3.8, 4) is 5.75 Å². The number of aldehydes is 1. The Bertz CT molecular complexity index is 1220. The molecule has 0 atom stereocenters. The molecule has 0 saturated heterocycles. The summed E-state index contributed by atoms with van der Waals surface area (Å²) in [6, 6.07) is 2.58. The van der Waals surface area contributed by atoms with Crippen LogP contribution in [-0.4, -0.2) is 61.1 Å². The van der Waals surface area contributed by atoms with Crippen LogP contribution < -0.4 is 4.18 Å². The van der Waals surface area contributed by atoms with Crippen molar-refractivity contribution < 1.29 is 86.9 Å². The van der Waals surface area contributed by atoms with Crippen LogP contribution in [0.1, 0.15) is 20.7 Å². The SMILES string of the molecule is COC(=O)c1cc(C=O)ccc1OS(=O)(=O)C(F)(F)F.O=S(=O)(OS(=O)(=O)C(F)(F)F)C(F)(F)F. The van der Waals surface area contributed by atoms with E-state index in [2.05, 4.69) is 8.92 Å². The molecule has 0 aliphatic heterocycles. The van der Waals surface area contributed by atoms with Gasteiger partial charge in [0, 0.05) is 5.56 Å². The Morgan fingerprint density at radius 3 is 1.49 bits per heavy atom. The molecule has 1 aromatic carbocycles. The van der Waals surface area contributed by atoms with Gasteiger partial charge in [-0.1, -0.05) is 0 Å². The number of halogens is 9. The number of carbonyl (C=O) groups is 2. The molecule has 0 unspecified atom stereocenters. The van der Waals surface area contributed by atoms with Crippen LogP contribution in [0.5, 0.6) is 5.75 Å². The molecule has 0 amide bonds. The minimum absolute atomic E-state index is 0.0674. The zero-order valence-electron chi connectivity index (χ0n) is 15.9. The van der Waals surface area contributed by atoms with Gasteiger partial charge in [0.1, 0.15) is 11.8 Å². The normalized spacial score (nSPS) is 13.3. The number of rotatable bonds is 6. The lowest BCUT2D eigenvalue weighted by Gasteiger charge is -2.12. The highest BCUT2D eigenvalue weighted by molar-refractivity contribution is 8.00. The molecule has 0 spiro atoms. The molecule has 0 N–H and O–H groups in total. The van der Waals surface area contributed by atoms with Crippen LogP contribution >= 0.6 is 0 Å². The van der Waals surface area contributed by atoms with E-state index in [4.69, 9.17) is 0 Å². The lowest BCUT2D eigenvalue weighted by molar-refractivity contribution is -0.0586. The number of carbonyl (C=O) groups excluding carboxylic acids is 2. The van der Waals surface area contributed by atoms with Crippen molar-refractivity contribution in [3.05, 3.63) is 29.3 Å². The van der Waals surface area contributed by atoms with E-state index < -0.39 is 64.2 Å². The minimum atomic E-state index is -6.85. The maximum atomic E-state index is 12.2. The molecule has 0 bridgehead atoms. The standard InChI is InChI=1S/C10H7F3O6S.C2F6O5S2/c1-18-9(15)7-4-6(5-14)2-3-8(7)19-20(16,17)10(11,12)13;3-1(4,5)14(9,10)13-15(11,12)2(6,7)8/h2-5H,1H3;. The van der Waals surface area contributed by atoms with Crippen molar-refractivity contribution in [2.75, 3.05) is 7.11 Å². The van der Waals surface area contributed by atoms with Crippen molar-refractivity contribution >= 4 is 42.6 Å². The molecule has 11 nitrogen and oxygen atoms in total. The van der Waals surface area contributed by atoms with E-state index in [-0.39, 0.29) is 5.56 Å². The third kappa shape index (κ3) is 8.50. The summed E-state index contributed by atoms with van der Waals surface area (Å²) in [5.41, 5.74) is -18.9. The van der Waals surface area contributed by atoms with E-state index >= 15 is 0 Å². The van der Waals surface area contributed by atoms with E-state index in [1.165, 1.54) is 0 Å². The third-order valence-electron chi connectivity index (χ3n) is 2.77. The zero-order valence-corrected chi connectivity index (χ0v) is 18.4. The van der Waals surface area contributed by atoms with Crippen molar-refractivity contribution in [2.45, 2.75) is 16.5 Å². The summed E-state index contributed by atoms with van der Waals surface area (Å²) < 4.78 is 176. The maximum absolute atomic E-state index is 12.2. The summed E-state index contributed by atoms with van der Waals surface area (Å²) in [5.74, 6) is -2.04. The molecule has 0 aliphatic carbocycles. The molecule has 1 aromatic rings. The Hall–Kier alpha value is -2.66. The summed E-state index contributed by atoms with van der Waals surface area (Å²) >= 11 is 0. The highest BCUT2D eigenvalue weighted by atomic mass is 32.3. The van der Waals surface area contributed by atoms with Crippen LogP contribution in [0.4, 0.5) is 39.5 Å². The smallest absolute Gasteiger partial charge is 0.465 e. The molecule has 0 radical (unpaired) electrons. The summed E-state index contributed by atoms with van der Waals surface area (Å²) in [6.07, 6.45) is 0.314. The first-order chi connectivity index (χ1) is 15.3. The molecule has 0 aromatic heterocycles. The second-order valence-corrected chi connectivity index (χ2v) is 10.0. The number of benzene rings is 1. The molecule has 1 rings (SSSR count). The van der Waals surface area contributed by atoms with Gasteiger partial charge in [-0.3, -0.25) is 4.79 Å². The molecule has 23 heteroatoms. The number of alkyl halides is 9. The van der Waals surface area contributed by atoms with Gasteiger partial charge in [0.15, 0.2) is 5.75 Å². The lowest BCUT2D eigenvalue weighted by atomic mass is 10.1. The van der Waals surface area contributed by atoms with Gasteiger partial charge >= 0.3 is 52.8 Å². The van der Waals surface area contributed by atoms with Crippen LogP contribution in [-0.2, 0) is 38.7 Å². The van der Waals surface area contributed by atoms with E-state index in [1.54, 1.807) is 0 Å². The first kappa shape index (κ1) is 32.3. The van der Waals surface area contributed by atoms with Crippen LogP contribution in [0.15, 0.2) is 18.2 Å². The molecule has 0 heterocycles. The second-order valence-electron chi connectivity index (χ2n) is 5.22. The van der Waals surface area contributed by atoms with Gasteiger partial charge in [-0.25, -0.2) is 4.79 Å². The third-order valence-corrected chi connectivity index (χ3v) is 6.31. The Morgan fingerprint density at radius 1 is 0.771 bits per heavy atom. The molecular formula is C12H7F9O11S3. The number of methoxy groups -OCH3 is 1. The quantitative estimate of drug-likeness (QED) is 0.156. The Morgan fingerprint density at radius 2 is 1.17 bits per heavy atom. The summed E-state index contributed by atoms with van der Waals surface area (Å²) in [7, 11) is -18.7. The van der Waals surface area contributed by atoms with E-state index in [9.17, 15) is 74.4 Å². The summed E-state index contributed by atoms with van der Waals surface area (Å²) in [6.45, 7) is 0. The van der Waals surface area contributed by atoms with Crippen LogP contribution in [0.2, 0.25) is 0 Å². The summed E-state index contributed by atoms with van der Waals surface area (Å²) in [5, 5.41) is 0. The molecule has 0 aliphatic rings. The molecule has 0 saturated carbocycles. The fraction of sp³-hybridized carbons (Fsp3) is 0.333. The van der Waals surface area contributed by atoms with Gasteiger partial charge in [-0.2, -0.15) is 64.8 Å². The van der Waals surface area contributed by atoms with Crippen molar-refractivity contribution in [2.24, 2.45) is 0 Å². The molecular weight excluding hydrogens is 587 g/mol. The predicted molar refractivity (Wildman–Crippen MR) is 89.8 cm³/mol. The highest BCUT2D eigenvalue weighted by Crippen LogP contribution is 2.32. The molecule has 202 valence electrons. The molecule has 35 heavy (non-hydrogen) atoms. The average molecular weight is 594 g/mol. The van der Waals surface area contributed by atoms with Crippen LogP contribution in [0.3, 0.4) is 0 Å². The van der Waals surface area contributed by atoms with E-state index in [1.807, 2.05) is 3.63 Å². The van der Waals surface area contributed by atoms with Crippen LogP contribution in [0.25, 0.3) is 0 Å². The van der Waals surface area contributed by atoms with Gasteiger partial charge in [-0.15, -0.1) is 3.63 Å². The van der Waals surface area contributed by atoms with Crippen molar-refractivity contribution in [1.82, 2.24) is 0 Å². The van der Waals surface area contributed by atoms with Gasteiger partial charge < -0.3 is 8.92 Å². The predicted octanol–water partition coefficient (Wildman–Crippen LogP) is 2.22. The lowest BCUT2D eigenvalue weighted by Crippen LogP contribution is -2.34. The monoisotopic (exact) mass is 594 g/mol. The summed E-state index contributed by atoms with van der Waals surface area (Å²) in [4.78, 5) is 21.9. The van der Waals surface area contributed by atoms with Crippen molar-refractivity contribution in [1.29, 1.82) is 0 Å². The Labute approximate surface area is 188 Å². The first-order valence-electron chi connectivity index (χ1n) is 7.35. The minimum Gasteiger partial charge on any atom is -0.465 e. The average Bonchev–Trinajstić information content (AvgIpc) is 2.64. The molecule has 0 fully saturated rings. The second kappa shape index (κ2) is 10.5. The first-order valence-corrected chi connectivity index (χ1v) is 11.6. The van der Waals surface area contributed by atoms with Gasteiger partial charge in [0.05, 0.1) is 7.11 Å². The number of esters is 1. The largest absolute Gasteiger partial charge is 0.534 e. The van der Waals surface area contributed by atoms with E-state index in [0.717, 1.165) is 25.3 Å².